The maximum Gasteiger partial charge on any atom is 0.146 e. The van der Waals surface area contributed by atoms with Gasteiger partial charge in [-0.05, 0) is 43.9 Å². The van der Waals surface area contributed by atoms with Crippen LogP contribution >= 0.6 is 0 Å². The quantitative estimate of drug-likeness (QED) is 0.709. The number of anilines is 1. The highest BCUT2D eigenvalue weighted by Gasteiger charge is 2.00. The molecule has 0 amide bonds. The lowest BCUT2D eigenvalue weighted by Crippen LogP contribution is -2.03. The SMILES string of the molecule is Cc1ccc(NCCCCCO)c(F)c1. The summed E-state index contributed by atoms with van der Waals surface area (Å²) >= 11 is 0. The van der Waals surface area contributed by atoms with Crippen molar-refractivity contribution in [1.29, 1.82) is 0 Å². The number of aryl methyl sites for hydroxylation is 1. The summed E-state index contributed by atoms with van der Waals surface area (Å²) in [5, 5.41) is 11.6. The summed E-state index contributed by atoms with van der Waals surface area (Å²) in [6.45, 7) is 2.85. The number of nitrogens with one attached hydrogen (secondary N) is 1. The van der Waals surface area contributed by atoms with Crippen LogP contribution in [0.15, 0.2) is 18.2 Å². The van der Waals surface area contributed by atoms with Crippen LogP contribution in [0.5, 0.6) is 0 Å². The molecule has 0 aliphatic rings. The van der Waals surface area contributed by atoms with E-state index in [2.05, 4.69) is 5.32 Å². The van der Waals surface area contributed by atoms with E-state index >= 15 is 0 Å². The zero-order valence-electron chi connectivity index (χ0n) is 9.09. The van der Waals surface area contributed by atoms with Gasteiger partial charge in [-0.2, -0.15) is 0 Å². The van der Waals surface area contributed by atoms with Crippen molar-refractivity contribution in [1.82, 2.24) is 0 Å². The number of aliphatic hydroxyl groups excluding tert-OH is 1. The summed E-state index contributed by atoms with van der Waals surface area (Å²) in [6, 6.07) is 5.17. The Morgan fingerprint density at radius 2 is 2.07 bits per heavy atom. The lowest BCUT2D eigenvalue weighted by Gasteiger charge is -2.07. The van der Waals surface area contributed by atoms with Crippen molar-refractivity contribution in [3.63, 3.8) is 0 Å². The molecule has 15 heavy (non-hydrogen) atoms. The molecule has 0 saturated heterocycles. The van der Waals surface area contributed by atoms with E-state index in [0.29, 0.717) is 5.69 Å². The van der Waals surface area contributed by atoms with Gasteiger partial charge in [0.2, 0.25) is 0 Å². The average Bonchev–Trinajstić information content (AvgIpc) is 2.20. The van der Waals surface area contributed by atoms with Gasteiger partial charge in [-0.3, -0.25) is 0 Å². The summed E-state index contributed by atoms with van der Waals surface area (Å²) < 4.78 is 13.3. The molecule has 3 heteroatoms. The Kier molecular flexibility index (Phi) is 5.12. The zero-order valence-corrected chi connectivity index (χ0v) is 9.09. The van der Waals surface area contributed by atoms with Crippen LogP contribution in [-0.4, -0.2) is 18.3 Å². The van der Waals surface area contributed by atoms with Crippen LogP contribution < -0.4 is 5.32 Å². The van der Waals surface area contributed by atoms with E-state index in [1.54, 1.807) is 6.07 Å². The number of unbranched alkanes of at least 4 members (excludes halogenated alkanes) is 2. The fraction of sp³-hybridized carbons (Fsp3) is 0.500. The van der Waals surface area contributed by atoms with Gasteiger partial charge in [-0.15, -0.1) is 0 Å². The normalized spacial score (nSPS) is 10.3. The molecule has 2 nitrogen and oxygen atoms in total. The number of rotatable bonds is 6. The van der Waals surface area contributed by atoms with E-state index in [9.17, 15) is 4.39 Å². The van der Waals surface area contributed by atoms with E-state index < -0.39 is 0 Å². The van der Waals surface area contributed by atoms with Crippen LogP contribution in [0.25, 0.3) is 0 Å². The molecule has 0 saturated carbocycles. The molecule has 0 fully saturated rings. The van der Waals surface area contributed by atoms with Gasteiger partial charge in [0.1, 0.15) is 5.82 Å². The van der Waals surface area contributed by atoms with Crippen molar-refractivity contribution in [2.75, 3.05) is 18.5 Å². The van der Waals surface area contributed by atoms with Crippen molar-refractivity contribution in [2.45, 2.75) is 26.2 Å². The smallest absolute Gasteiger partial charge is 0.146 e. The first kappa shape index (κ1) is 12.0. The summed E-state index contributed by atoms with van der Waals surface area (Å²) in [5.41, 5.74) is 1.49. The molecule has 2 N–H and O–H groups in total. The average molecular weight is 211 g/mol. The lowest BCUT2D eigenvalue weighted by atomic mass is 10.2. The molecule has 0 spiro atoms. The molecule has 0 heterocycles. The van der Waals surface area contributed by atoms with E-state index in [4.69, 9.17) is 5.11 Å². The monoisotopic (exact) mass is 211 g/mol. The predicted octanol–water partition coefficient (Wildman–Crippen LogP) is 2.71. The van der Waals surface area contributed by atoms with Gasteiger partial charge in [0.15, 0.2) is 0 Å². The number of hydrogen-bond donors (Lipinski definition) is 2. The molecule has 84 valence electrons. The molecule has 0 radical (unpaired) electrons. The second kappa shape index (κ2) is 6.40. The fourth-order valence-corrected chi connectivity index (χ4v) is 1.40. The standard InChI is InChI=1S/C12H18FNO/c1-10-5-6-12(11(13)9-10)14-7-3-2-4-8-15/h5-6,9,14-15H,2-4,7-8H2,1H3. The molecule has 1 aromatic rings. The van der Waals surface area contributed by atoms with Crippen LogP contribution in [0.1, 0.15) is 24.8 Å². The Morgan fingerprint density at radius 3 is 2.73 bits per heavy atom. The van der Waals surface area contributed by atoms with E-state index in [1.807, 2.05) is 13.0 Å². The zero-order chi connectivity index (χ0) is 11.1. The minimum absolute atomic E-state index is 0.197. The topological polar surface area (TPSA) is 32.3 Å². The molecular weight excluding hydrogens is 193 g/mol. The molecule has 0 aliphatic heterocycles. The number of halogens is 1. The second-order valence-electron chi connectivity index (χ2n) is 3.69. The molecule has 0 atom stereocenters. The maximum atomic E-state index is 13.3. The minimum Gasteiger partial charge on any atom is -0.396 e. The molecule has 0 unspecified atom stereocenters. The van der Waals surface area contributed by atoms with Crippen molar-refractivity contribution < 1.29 is 9.50 Å². The van der Waals surface area contributed by atoms with Crippen molar-refractivity contribution in [2.24, 2.45) is 0 Å². The Hall–Kier alpha value is -1.09. The number of hydrogen-bond acceptors (Lipinski definition) is 2. The van der Waals surface area contributed by atoms with Gasteiger partial charge in [-0.1, -0.05) is 6.07 Å². The Bertz CT molecular complexity index is 302. The van der Waals surface area contributed by atoms with E-state index in [1.165, 1.54) is 6.07 Å². The summed E-state index contributed by atoms with van der Waals surface area (Å²) in [5.74, 6) is -0.197. The first-order chi connectivity index (χ1) is 7.24. The van der Waals surface area contributed by atoms with Crippen LogP contribution in [0.2, 0.25) is 0 Å². The molecule has 1 rings (SSSR count). The highest BCUT2D eigenvalue weighted by molar-refractivity contribution is 5.45. The van der Waals surface area contributed by atoms with Crippen LogP contribution in [0, 0.1) is 12.7 Å². The largest absolute Gasteiger partial charge is 0.396 e. The molecule has 0 bridgehead atoms. The van der Waals surface area contributed by atoms with Gasteiger partial charge in [-0.25, -0.2) is 4.39 Å². The third-order valence-electron chi connectivity index (χ3n) is 2.27. The second-order valence-corrected chi connectivity index (χ2v) is 3.69. The minimum atomic E-state index is -0.197. The lowest BCUT2D eigenvalue weighted by molar-refractivity contribution is 0.283. The van der Waals surface area contributed by atoms with Crippen LogP contribution in [0.4, 0.5) is 10.1 Å². The highest BCUT2D eigenvalue weighted by atomic mass is 19.1. The summed E-state index contributed by atoms with van der Waals surface area (Å²) in [7, 11) is 0. The third-order valence-corrected chi connectivity index (χ3v) is 2.27. The van der Waals surface area contributed by atoms with Crippen molar-refractivity contribution in [3.05, 3.63) is 29.6 Å². The number of aliphatic hydroxyl groups is 1. The highest BCUT2D eigenvalue weighted by Crippen LogP contribution is 2.15. The maximum absolute atomic E-state index is 13.3. The Morgan fingerprint density at radius 1 is 1.27 bits per heavy atom. The fourth-order valence-electron chi connectivity index (χ4n) is 1.40. The first-order valence-corrected chi connectivity index (χ1v) is 5.35. The van der Waals surface area contributed by atoms with Gasteiger partial charge < -0.3 is 10.4 Å². The Labute approximate surface area is 90.1 Å². The summed E-state index contributed by atoms with van der Waals surface area (Å²) in [6.07, 6.45) is 2.74. The number of benzene rings is 1. The van der Waals surface area contributed by atoms with Crippen LogP contribution in [0.3, 0.4) is 0 Å². The van der Waals surface area contributed by atoms with Gasteiger partial charge in [0, 0.05) is 13.2 Å². The van der Waals surface area contributed by atoms with Gasteiger partial charge >= 0.3 is 0 Å². The third kappa shape index (κ3) is 4.30. The van der Waals surface area contributed by atoms with Crippen LogP contribution in [-0.2, 0) is 0 Å². The first-order valence-electron chi connectivity index (χ1n) is 5.35. The Balaban J connectivity index is 2.31. The van der Waals surface area contributed by atoms with Gasteiger partial charge in [0.05, 0.1) is 5.69 Å². The van der Waals surface area contributed by atoms with Gasteiger partial charge in [0.25, 0.3) is 0 Å². The molecule has 0 aromatic heterocycles. The van der Waals surface area contributed by atoms with E-state index in [-0.39, 0.29) is 12.4 Å². The van der Waals surface area contributed by atoms with E-state index in [0.717, 1.165) is 31.4 Å². The van der Waals surface area contributed by atoms with Crippen molar-refractivity contribution >= 4 is 5.69 Å². The molecular formula is C12H18FNO. The predicted molar refractivity (Wildman–Crippen MR) is 60.6 cm³/mol. The van der Waals surface area contributed by atoms with Crippen molar-refractivity contribution in [3.8, 4) is 0 Å². The molecule has 0 aliphatic carbocycles. The molecule has 1 aromatic carbocycles. The summed E-state index contributed by atoms with van der Waals surface area (Å²) in [4.78, 5) is 0.